The van der Waals surface area contributed by atoms with E-state index in [4.69, 9.17) is 0 Å². The SMILES string of the molecule is CC1CC(C)CN(Cc2nc3c(c(=O)n(C)c(=O)n3C)n2CC(=O)c2ccccc2)C1. The van der Waals surface area contributed by atoms with Crippen molar-refractivity contribution in [1.29, 1.82) is 0 Å². The third-order valence-electron chi connectivity index (χ3n) is 6.13. The maximum absolute atomic E-state index is 13.0. The molecular weight excluding hydrogens is 394 g/mol. The number of Topliss-reactive ketones (excluding diaryl/α,β-unsaturated/α-hetero) is 1. The Morgan fingerprint density at radius 1 is 1.03 bits per heavy atom. The molecule has 1 aliphatic rings. The van der Waals surface area contributed by atoms with Crippen molar-refractivity contribution in [2.45, 2.75) is 33.4 Å². The molecule has 3 aromatic rings. The molecule has 31 heavy (non-hydrogen) atoms. The summed E-state index contributed by atoms with van der Waals surface area (Å²) in [7, 11) is 3.06. The van der Waals surface area contributed by atoms with Crippen molar-refractivity contribution in [2.24, 2.45) is 25.9 Å². The van der Waals surface area contributed by atoms with Gasteiger partial charge >= 0.3 is 5.69 Å². The lowest BCUT2D eigenvalue weighted by Gasteiger charge is -2.34. The molecule has 1 aromatic carbocycles. The minimum atomic E-state index is -0.432. The van der Waals surface area contributed by atoms with Gasteiger partial charge < -0.3 is 4.57 Å². The molecule has 164 valence electrons. The van der Waals surface area contributed by atoms with E-state index in [0.717, 1.165) is 17.7 Å². The summed E-state index contributed by atoms with van der Waals surface area (Å²) in [6, 6.07) is 9.03. The Morgan fingerprint density at radius 2 is 1.68 bits per heavy atom. The van der Waals surface area contributed by atoms with Gasteiger partial charge in [-0.25, -0.2) is 9.78 Å². The van der Waals surface area contributed by atoms with Crippen LogP contribution in [0.2, 0.25) is 0 Å². The van der Waals surface area contributed by atoms with E-state index in [1.165, 1.54) is 18.0 Å². The normalized spacial score (nSPS) is 19.7. The number of rotatable bonds is 5. The largest absolute Gasteiger partial charge is 0.332 e. The van der Waals surface area contributed by atoms with Gasteiger partial charge in [0, 0.05) is 32.7 Å². The number of likely N-dealkylation sites (tertiary alicyclic amines) is 1. The van der Waals surface area contributed by atoms with E-state index in [9.17, 15) is 14.4 Å². The topological polar surface area (TPSA) is 82.1 Å². The Kier molecular flexibility index (Phi) is 5.66. The highest BCUT2D eigenvalue weighted by Crippen LogP contribution is 2.23. The number of nitrogens with zero attached hydrogens (tertiary/aromatic N) is 5. The fourth-order valence-corrected chi connectivity index (χ4v) is 4.76. The van der Waals surface area contributed by atoms with Crippen molar-refractivity contribution >= 4 is 16.9 Å². The van der Waals surface area contributed by atoms with Crippen LogP contribution in [0.25, 0.3) is 11.2 Å². The maximum Gasteiger partial charge on any atom is 0.332 e. The maximum atomic E-state index is 13.0. The van der Waals surface area contributed by atoms with Gasteiger partial charge in [-0.1, -0.05) is 44.2 Å². The van der Waals surface area contributed by atoms with Crippen molar-refractivity contribution in [3.05, 3.63) is 62.6 Å². The molecule has 2 atom stereocenters. The Morgan fingerprint density at radius 3 is 2.32 bits per heavy atom. The molecule has 0 bridgehead atoms. The summed E-state index contributed by atoms with van der Waals surface area (Å²) in [5, 5.41) is 0. The van der Waals surface area contributed by atoms with Crippen LogP contribution in [0, 0.1) is 11.8 Å². The zero-order valence-electron chi connectivity index (χ0n) is 18.5. The van der Waals surface area contributed by atoms with E-state index in [0.29, 0.717) is 40.9 Å². The number of hydrogen-bond donors (Lipinski definition) is 0. The molecule has 1 fully saturated rings. The van der Waals surface area contributed by atoms with Crippen molar-refractivity contribution < 1.29 is 4.79 Å². The van der Waals surface area contributed by atoms with Gasteiger partial charge in [0.25, 0.3) is 5.56 Å². The number of fused-ring (bicyclic) bond motifs is 1. The molecule has 0 N–H and O–H groups in total. The van der Waals surface area contributed by atoms with Gasteiger partial charge in [0.05, 0.1) is 13.1 Å². The molecule has 1 aliphatic heterocycles. The van der Waals surface area contributed by atoms with Crippen LogP contribution in [0.1, 0.15) is 36.5 Å². The molecular formula is C23H29N5O3. The Hall–Kier alpha value is -3.00. The average molecular weight is 424 g/mol. The van der Waals surface area contributed by atoms with Crippen LogP contribution in [0.4, 0.5) is 0 Å². The number of carbonyl (C=O) groups is 1. The first-order valence-electron chi connectivity index (χ1n) is 10.7. The smallest absolute Gasteiger partial charge is 0.313 e. The molecule has 0 saturated carbocycles. The summed E-state index contributed by atoms with van der Waals surface area (Å²) in [5.41, 5.74) is 0.336. The molecule has 2 aromatic heterocycles. The van der Waals surface area contributed by atoms with Crippen LogP contribution < -0.4 is 11.2 Å². The Bertz CT molecular complexity index is 1230. The molecule has 2 unspecified atom stereocenters. The molecule has 0 radical (unpaired) electrons. The fourth-order valence-electron chi connectivity index (χ4n) is 4.76. The monoisotopic (exact) mass is 423 g/mol. The van der Waals surface area contributed by atoms with Crippen LogP contribution >= 0.6 is 0 Å². The summed E-state index contributed by atoms with van der Waals surface area (Å²) in [6.45, 7) is 6.90. The number of piperidine rings is 1. The average Bonchev–Trinajstić information content (AvgIpc) is 3.08. The van der Waals surface area contributed by atoms with E-state index in [-0.39, 0.29) is 12.3 Å². The lowest BCUT2D eigenvalue weighted by molar-refractivity contribution is 0.0967. The number of aromatic nitrogens is 4. The van der Waals surface area contributed by atoms with Crippen LogP contribution in [-0.2, 0) is 27.2 Å². The molecule has 8 nitrogen and oxygen atoms in total. The van der Waals surface area contributed by atoms with Gasteiger partial charge in [-0.3, -0.25) is 23.6 Å². The van der Waals surface area contributed by atoms with Gasteiger partial charge in [0.2, 0.25) is 0 Å². The summed E-state index contributed by atoms with van der Waals surface area (Å²) < 4.78 is 4.16. The van der Waals surface area contributed by atoms with Crippen LogP contribution in [-0.4, -0.2) is 42.5 Å². The molecule has 0 amide bonds. The van der Waals surface area contributed by atoms with E-state index < -0.39 is 11.2 Å². The fraction of sp³-hybridized carbons (Fsp3) is 0.478. The predicted molar refractivity (Wildman–Crippen MR) is 119 cm³/mol. The third kappa shape index (κ3) is 3.99. The summed E-state index contributed by atoms with van der Waals surface area (Å²) in [5.74, 6) is 1.69. The number of imidazole rings is 1. The summed E-state index contributed by atoms with van der Waals surface area (Å²) in [6.07, 6.45) is 1.19. The second-order valence-corrected chi connectivity index (χ2v) is 8.92. The van der Waals surface area contributed by atoms with Gasteiger partial charge in [-0.15, -0.1) is 0 Å². The van der Waals surface area contributed by atoms with E-state index >= 15 is 0 Å². The number of benzene rings is 1. The van der Waals surface area contributed by atoms with Gasteiger partial charge in [0.15, 0.2) is 16.9 Å². The van der Waals surface area contributed by atoms with Crippen LogP contribution in [0.15, 0.2) is 39.9 Å². The van der Waals surface area contributed by atoms with Gasteiger partial charge in [0.1, 0.15) is 5.82 Å². The first-order valence-corrected chi connectivity index (χ1v) is 10.7. The zero-order valence-corrected chi connectivity index (χ0v) is 18.5. The highest BCUT2D eigenvalue weighted by Gasteiger charge is 2.26. The molecule has 0 aliphatic carbocycles. The second-order valence-electron chi connectivity index (χ2n) is 8.92. The zero-order chi connectivity index (χ0) is 22.3. The van der Waals surface area contributed by atoms with Crippen molar-refractivity contribution in [2.75, 3.05) is 13.1 Å². The number of hydrogen-bond acceptors (Lipinski definition) is 5. The van der Waals surface area contributed by atoms with Crippen molar-refractivity contribution in [3.63, 3.8) is 0 Å². The summed E-state index contributed by atoms with van der Waals surface area (Å²) >= 11 is 0. The molecule has 8 heteroatoms. The quantitative estimate of drug-likeness (QED) is 0.585. The van der Waals surface area contributed by atoms with Crippen LogP contribution in [0.3, 0.4) is 0 Å². The van der Waals surface area contributed by atoms with Gasteiger partial charge in [-0.05, 0) is 18.3 Å². The number of aryl methyl sites for hydroxylation is 1. The van der Waals surface area contributed by atoms with Crippen molar-refractivity contribution in [1.82, 2.24) is 23.6 Å². The highest BCUT2D eigenvalue weighted by atomic mass is 16.2. The second kappa shape index (κ2) is 8.26. The minimum absolute atomic E-state index is 0.00222. The number of ketones is 1. The molecule has 3 heterocycles. The van der Waals surface area contributed by atoms with E-state index in [1.54, 1.807) is 23.7 Å². The molecule has 1 saturated heterocycles. The first-order chi connectivity index (χ1) is 14.8. The van der Waals surface area contributed by atoms with Crippen LogP contribution in [0.5, 0.6) is 0 Å². The highest BCUT2D eigenvalue weighted by molar-refractivity contribution is 5.96. The molecule has 0 spiro atoms. The minimum Gasteiger partial charge on any atom is -0.313 e. The standard InChI is InChI=1S/C23H29N5O3/c1-15-10-16(2)12-27(11-15)14-19-24-21-20(22(30)26(4)23(31)25(21)3)28(19)13-18(29)17-8-6-5-7-9-17/h5-9,15-16H,10-14H2,1-4H3. The number of carbonyl (C=O) groups excluding carboxylic acids is 1. The lowest BCUT2D eigenvalue weighted by Crippen LogP contribution is -2.39. The Labute approximate surface area is 180 Å². The van der Waals surface area contributed by atoms with E-state index in [2.05, 4.69) is 23.7 Å². The lowest BCUT2D eigenvalue weighted by atomic mass is 9.92. The molecule has 4 rings (SSSR count). The first kappa shape index (κ1) is 21.2. The summed E-state index contributed by atoms with van der Waals surface area (Å²) in [4.78, 5) is 45.5. The Balaban J connectivity index is 1.82. The third-order valence-corrected chi connectivity index (χ3v) is 6.13. The van der Waals surface area contributed by atoms with E-state index in [1.807, 2.05) is 18.2 Å². The van der Waals surface area contributed by atoms with Crippen molar-refractivity contribution in [3.8, 4) is 0 Å². The van der Waals surface area contributed by atoms with Gasteiger partial charge in [-0.2, -0.15) is 0 Å². The predicted octanol–water partition coefficient (Wildman–Crippen LogP) is 1.79.